The predicted molar refractivity (Wildman–Crippen MR) is 162 cm³/mol. The Hall–Kier alpha value is -5.25. The Morgan fingerprint density at radius 3 is 1.06 bits per heavy atom. The Kier molecular flexibility index (Phi) is 12.2. The van der Waals surface area contributed by atoms with Gasteiger partial charge in [0.2, 0.25) is 11.8 Å². The van der Waals surface area contributed by atoms with Crippen LogP contribution in [0.15, 0.2) is 46.4 Å². The predicted octanol–water partition coefficient (Wildman–Crippen LogP) is 4.65. The molecule has 0 bridgehead atoms. The molecule has 0 aromatic heterocycles. The molecule has 8 N–H and O–H groups in total. The maximum Gasteiger partial charge on any atom is 0.416 e. The number of alkyl halides is 12. The molecule has 0 saturated carbocycles. The van der Waals surface area contributed by atoms with Gasteiger partial charge in [0.05, 0.1) is 22.3 Å². The third-order valence-corrected chi connectivity index (χ3v) is 7.75. The summed E-state index contributed by atoms with van der Waals surface area (Å²) in [6, 6.07) is -1.41. The second-order valence-electron chi connectivity index (χ2n) is 11.8. The maximum absolute atomic E-state index is 14.3. The largest absolute Gasteiger partial charge is 0.416 e. The SMILES string of the molecule is NC(N)=NCCCN1C(=O)N(CCCN=C(N)N)C(=O)C(Cc2cc(C(F)(F)F)cc(C(F)(F)F)c2)(Cc2cc(C(F)(F)F)cc(C(F)(F)F)c2)C1=O. The molecule has 1 saturated heterocycles. The van der Waals surface area contributed by atoms with Crippen molar-refractivity contribution < 1.29 is 67.1 Å². The smallest absolute Gasteiger partial charge is 0.370 e. The van der Waals surface area contributed by atoms with Gasteiger partial charge in [-0.15, -0.1) is 0 Å². The third kappa shape index (κ3) is 10.4. The zero-order valence-electron chi connectivity index (χ0n) is 27.0. The van der Waals surface area contributed by atoms with Crippen LogP contribution in [0.2, 0.25) is 0 Å². The van der Waals surface area contributed by atoms with Gasteiger partial charge in [0, 0.05) is 26.2 Å². The zero-order chi connectivity index (χ0) is 40.3. The summed E-state index contributed by atoms with van der Waals surface area (Å²) < 4.78 is 166. The lowest BCUT2D eigenvalue weighted by molar-refractivity contribution is -0.159. The van der Waals surface area contributed by atoms with Crippen molar-refractivity contribution in [3.63, 3.8) is 0 Å². The Morgan fingerprint density at radius 1 is 0.528 bits per heavy atom. The number of imide groups is 2. The highest BCUT2D eigenvalue weighted by Crippen LogP contribution is 2.43. The van der Waals surface area contributed by atoms with Crippen LogP contribution >= 0.6 is 0 Å². The number of carbonyl (C=O) groups excluding carboxylic acids is 3. The van der Waals surface area contributed by atoms with Gasteiger partial charge >= 0.3 is 30.7 Å². The summed E-state index contributed by atoms with van der Waals surface area (Å²) in [6.07, 6.45) is -25.3. The van der Waals surface area contributed by atoms with E-state index in [1.54, 1.807) is 0 Å². The number of benzene rings is 2. The van der Waals surface area contributed by atoms with Crippen molar-refractivity contribution >= 4 is 29.8 Å². The molecule has 2 aromatic rings. The summed E-state index contributed by atoms with van der Waals surface area (Å²) in [5, 5.41) is 0. The van der Waals surface area contributed by atoms with Crippen LogP contribution < -0.4 is 22.9 Å². The average molecular weight is 779 g/mol. The first-order valence-corrected chi connectivity index (χ1v) is 15.0. The molecule has 0 atom stereocenters. The Bertz CT molecular complexity index is 1570. The van der Waals surface area contributed by atoms with E-state index < -0.39 is 119 Å². The standard InChI is InChI=1S/C30H30F12N8O3/c31-27(32,33)17-7-15(8-18(11-17)28(34,35)36)13-26(14-16-9-19(29(37,38)39)12-20(10-16)30(40,41)42)21(51)49(5-1-3-47-23(43)44)25(53)50(22(26)52)6-2-4-48-24(45)46/h7-12H,1-6,13-14H2,(H4,43,44,47)(H4,45,46,48). The van der Waals surface area contributed by atoms with E-state index in [9.17, 15) is 67.1 Å². The highest BCUT2D eigenvalue weighted by molar-refractivity contribution is 6.19. The summed E-state index contributed by atoms with van der Waals surface area (Å²) in [6.45, 7) is -1.92. The third-order valence-electron chi connectivity index (χ3n) is 7.75. The Labute approximate surface area is 291 Å². The summed E-state index contributed by atoms with van der Waals surface area (Å²) in [5.74, 6) is -4.17. The molecule has 1 aliphatic rings. The number of rotatable bonds is 12. The number of amides is 4. The van der Waals surface area contributed by atoms with Crippen molar-refractivity contribution in [1.29, 1.82) is 0 Å². The van der Waals surface area contributed by atoms with E-state index in [2.05, 4.69) is 9.98 Å². The van der Waals surface area contributed by atoms with Crippen molar-refractivity contribution in [3.8, 4) is 0 Å². The lowest BCUT2D eigenvalue weighted by Crippen LogP contribution is -2.66. The number of halogens is 12. The number of carbonyl (C=O) groups is 3. The van der Waals surface area contributed by atoms with E-state index in [1.165, 1.54) is 0 Å². The zero-order valence-corrected chi connectivity index (χ0v) is 27.0. The minimum absolute atomic E-state index is 0.132. The lowest BCUT2D eigenvalue weighted by Gasteiger charge is -2.44. The Morgan fingerprint density at radius 2 is 0.811 bits per heavy atom. The van der Waals surface area contributed by atoms with Crippen molar-refractivity contribution in [3.05, 3.63) is 69.8 Å². The topological polar surface area (TPSA) is 186 Å². The van der Waals surface area contributed by atoms with Crippen molar-refractivity contribution in [1.82, 2.24) is 9.80 Å². The van der Waals surface area contributed by atoms with Crippen molar-refractivity contribution in [2.24, 2.45) is 38.3 Å². The van der Waals surface area contributed by atoms with Crippen LogP contribution in [0, 0.1) is 5.41 Å². The van der Waals surface area contributed by atoms with Gasteiger partial charge in [0.25, 0.3) is 0 Å². The van der Waals surface area contributed by atoms with Crippen molar-refractivity contribution in [2.45, 2.75) is 50.4 Å². The number of hydrogen-bond acceptors (Lipinski definition) is 5. The van der Waals surface area contributed by atoms with Crippen LogP contribution in [0.5, 0.6) is 0 Å². The van der Waals surface area contributed by atoms with Crippen molar-refractivity contribution in [2.75, 3.05) is 26.2 Å². The van der Waals surface area contributed by atoms with E-state index in [0.717, 1.165) is 0 Å². The van der Waals surface area contributed by atoms with Gasteiger partial charge in [-0.25, -0.2) is 4.79 Å². The molecule has 1 aliphatic heterocycles. The molecule has 2 aromatic carbocycles. The fraction of sp³-hybridized carbons (Fsp3) is 0.433. The molecule has 3 rings (SSSR count). The van der Waals surface area contributed by atoms with E-state index in [0.29, 0.717) is 9.80 Å². The molecule has 53 heavy (non-hydrogen) atoms. The number of nitrogens with two attached hydrogens (primary N) is 4. The van der Waals surface area contributed by atoms with Gasteiger partial charge in [-0.3, -0.25) is 29.4 Å². The number of nitrogens with zero attached hydrogens (tertiary/aromatic N) is 4. The maximum atomic E-state index is 14.3. The number of hydrogen-bond donors (Lipinski definition) is 4. The van der Waals surface area contributed by atoms with E-state index in [-0.39, 0.29) is 62.3 Å². The summed E-state index contributed by atoms with van der Waals surface area (Å²) >= 11 is 0. The van der Waals surface area contributed by atoms with Crippen LogP contribution in [0.1, 0.15) is 46.2 Å². The molecule has 1 heterocycles. The van der Waals surface area contributed by atoms with E-state index >= 15 is 0 Å². The Balaban J connectivity index is 2.38. The van der Waals surface area contributed by atoms with Gasteiger partial charge in [-0.1, -0.05) is 0 Å². The van der Waals surface area contributed by atoms with Crippen LogP contribution in [-0.2, 0) is 47.1 Å². The number of barbiturate groups is 1. The second-order valence-corrected chi connectivity index (χ2v) is 11.8. The molecule has 0 aliphatic carbocycles. The molecule has 0 unspecified atom stereocenters. The fourth-order valence-electron chi connectivity index (χ4n) is 5.50. The molecule has 11 nitrogen and oxygen atoms in total. The lowest BCUT2D eigenvalue weighted by atomic mass is 9.72. The van der Waals surface area contributed by atoms with Gasteiger partial charge in [0.1, 0.15) is 5.41 Å². The first-order valence-electron chi connectivity index (χ1n) is 15.0. The monoisotopic (exact) mass is 778 g/mol. The molecule has 1 fully saturated rings. The summed E-state index contributed by atoms with van der Waals surface area (Å²) in [7, 11) is 0. The normalized spacial score (nSPS) is 15.5. The van der Waals surface area contributed by atoms with Crippen LogP contribution in [0.25, 0.3) is 0 Å². The van der Waals surface area contributed by atoms with Gasteiger partial charge in [0.15, 0.2) is 11.9 Å². The molecule has 0 spiro atoms. The van der Waals surface area contributed by atoms with Gasteiger partial charge in [-0.05, 0) is 73.2 Å². The van der Waals surface area contributed by atoms with Crippen LogP contribution in [-0.4, -0.2) is 65.7 Å². The molecular weight excluding hydrogens is 748 g/mol. The molecule has 292 valence electrons. The molecule has 0 radical (unpaired) electrons. The van der Waals surface area contributed by atoms with Gasteiger partial charge in [-0.2, -0.15) is 52.7 Å². The number of guanidine groups is 2. The van der Waals surface area contributed by atoms with E-state index in [1.807, 2.05) is 0 Å². The van der Waals surface area contributed by atoms with E-state index in [4.69, 9.17) is 22.9 Å². The summed E-state index contributed by atoms with van der Waals surface area (Å²) in [5.41, 5.74) is 8.24. The molecular formula is C30H30F12N8O3. The quantitative estimate of drug-likeness (QED) is 0.0794. The highest BCUT2D eigenvalue weighted by Gasteiger charge is 2.57. The van der Waals surface area contributed by atoms with Crippen LogP contribution in [0.4, 0.5) is 57.5 Å². The fourth-order valence-corrected chi connectivity index (χ4v) is 5.50. The first-order chi connectivity index (χ1) is 24.2. The molecule has 4 amide bonds. The summed E-state index contributed by atoms with van der Waals surface area (Å²) in [4.78, 5) is 50.2. The average Bonchev–Trinajstić information content (AvgIpc) is 3.01. The highest BCUT2D eigenvalue weighted by atomic mass is 19.4. The minimum Gasteiger partial charge on any atom is -0.370 e. The van der Waals surface area contributed by atoms with Gasteiger partial charge < -0.3 is 22.9 Å². The number of aliphatic imine (C=N–C) groups is 2. The minimum atomic E-state index is -5.45. The molecule has 23 heteroatoms. The first kappa shape index (κ1) is 42.2. The second kappa shape index (κ2) is 15.4. The van der Waals surface area contributed by atoms with Crippen LogP contribution in [0.3, 0.4) is 0 Å². The number of urea groups is 1.